The van der Waals surface area contributed by atoms with Crippen LogP contribution >= 0.6 is 0 Å². The van der Waals surface area contributed by atoms with E-state index in [1.165, 1.54) is 0 Å². The second kappa shape index (κ2) is 2.19. The van der Waals surface area contributed by atoms with Gasteiger partial charge in [0.05, 0.1) is 19.8 Å². The third-order valence-corrected chi connectivity index (χ3v) is 2.34. The van der Waals surface area contributed by atoms with Crippen molar-refractivity contribution < 1.29 is 9.84 Å². The predicted molar refractivity (Wildman–Crippen MR) is 35.2 cm³/mol. The second-order valence-electron chi connectivity index (χ2n) is 3.41. The number of likely N-dealkylation sites (tertiary alicyclic amines) is 1. The Bertz CT molecular complexity index is 126. The topological polar surface area (TPSA) is 32.4 Å². The number of ether oxygens (including phenoxy) is 1. The van der Waals surface area contributed by atoms with Gasteiger partial charge in [-0.15, -0.1) is 0 Å². The molecule has 2 aliphatic heterocycles. The van der Waals surface area contributed by atoms with Crippen LogP contribution < -0.4 is 0 Å². The maximum atomic E-state index is 10.2. The van der Waals surface area contributed by atoms with Gasteiger partial charge in [-0.25, -0.2) is 5.11 Å². The Kier molecular flexibility index (Phi) is 1.44. The molecule has 0 amide bonds. The average Bonchev–Trinajstić information content (AvgIpc) is 1.72. The van der Waals surface area contributed by atoms with Gasteiger partial charge >= 0.3 is 0 Å². The quantitative estimate of drug-likeness (QED) is 0.532. The molecule has 3 heteroatoms. The molecule has 0 aromatic rings. The van der Waals surface area contributed by atoms with Crippen molar-refractivity contribution in [1.82, 2.24) is 4.90 Å². The fourth-order valence-corrected chi connectivity index (χ4v) is 1.76. The van der Waals surface area contributed by atoms with Crippen molar-refractivity contribution in [2.45, 2.75) is 0 Å². The third-order valence-electron chi connectivity index (χ3n) is 2.34. The second-order valence-corrected chi connectivity index (χ2v) is 3.41. The fourth-order valence-electron chi connectivity index (χ4n) is 1.76. The molecule has 3 nitrogen and oxygen atoms in total. The van der Waals surface area contributed by atoms with Crippen LogP contribution in [0.15, 0.2) is 0 Å². The molecule has 0 aliphatic carbocycles. The molecule has 0 bridgehead atoms. The van der Waals surface area contributed by atoms with E-state index in [0.717, 1.165) is 32.8 Å². The molecular formula is C7H12NO2. The smallest absolute Gasteiger partial charge is 0.0949 e. The summed E-state index contributed by atoms with van der Waals surface area (Å²) in [5, 5.41) is 10.2. The van der Waals surface area contributed by atoms with Gasteiger partial charge in [-0.3, -0.25) is 4.90 Å². The molecule has 10 heavy (non-hydrogen) atoms. The Balaban J connectivity index is 1.72. The highest BCUT2D eigenvalue weighted by Crippen LogP contribution is 2.36. The molecule has 0 unspecified atom stereocenters. The molecule has 0 saturated carbocycles. The van der Waals surface area contributed by atoms with Crippen LogP contribution in [-0.2, 0) is 9.84 Å². The molecule has 2 rings (SSSR count). The summed E-state index contributed by atoms with van der Waals surface area (Å²) in [5.41, 5.74) is 0.481. The van der Waals surface area contributed by atoms with Gasteiger partial charge in [0, 0.05) is 25.0 Å². The number of hydrogen-bond acceptors (Lipinski definition) is 2. The molecule has 57 valence electrons. The SMILES string of the molecule is [O]CCN1CC2(COC2)C1. The molecule has 2 aliphatic rings. The summed E-state index contributed by atoms with van der Waals surface area (Å²) in [6.45, 7) is 4.79. The average molecular weight is 142 g/mol. The van der Waals surface area contributed by atoms with Crippen LogP contribution in [0.1, 0.15) is 0 Å². The monoisotopic (exact) mass is 142 g/mol. The third kappa shape index (κ3) is 0.856. The summed E-state index contributed by atoms with van der Waals surface area (Å²) >= 11 is 0. The Hall–Kier alpha value is -0.120. The Labute approximate surface area is 60.6 Å². The van der Waals surface area contributed by atoms with Crippen molar-refractivity contribution in [3.8, 4) is 0 Å². The van der Waals surface area contributed by atoms with Crippen molar-refractivity contribution >= 4 is 0 Å². The molecular weight excluding hydrogens is 130 g/mol. The lowest BCUT2D eigenvalue weighted by Crippen LogP contribution is -2.66. The van der Waals surface area contributed by atoms with Gasteiger partial charge in [-0.05, 0) is 0 Å². The highest BCUT2D eigenvalue weighted by Gasteiger charge is 2.48. The molecule has 0 aromatic carbocycles. The predicted octanol–water partition coefficient (Wildman–Crippen LogP) is -0.251. The molecule has 2 fully saturated rings. The van der Waals surface area contributed by atoms with E-state index in [4.69, 9.17) is 4.74 Å². The lowest BCUT2D eigenvalue weighted by molar-refractivity contribution is -0.190. The van der Waals surface area contributed by atoms with E-state index in [1.54, 1.807) is 0 Å². The minimum absolute atomic E-state index is 0.0386. The zero-order chi connectivity index (χ0) is 7.03. The Morgan fingerprint density at radius 1 is 1.40 bits per heavy atom. The van der Waals surface area contributed by atoms with Crippen molar-refractivity contribution in [1.29, 1.82) is 0 Å². The molecule has 0 atom stereocenters. The van der Waals surface area contributed by atoms with Gasteiger partial charge in [0.2, 0.25) is 0 Å². The van der Waals surface area contributed by atoms with Crippen LogP contribution in [0.2, 0.25) is 0 Å². The normalized spacial score (nSPS) is 29.7. The fraction of sp³-hybridized carbons (Fsp3) is 1.00. The van der Waals surface area contributed by atoms with Gasteiger partial charge < -0.3 is 4.74 Å². The van der Waals surface area contributed by atoms with E-state index in [-0.39, 0.29) is 6.61 Å². The summed E-state index contributed by atoms with van der Waals surface area (Å²) in [5.74, 6) is 0. The van der Waals surface area contributed by atoms with Gasteiger partial charge in [0.25, 0.3) is 0 Å². The standard InChI is InChI=1S/C7H12NO2/c9-2-1-8-3-7(4-8)5-10-6-7/h1-6H2. The largest absolute Gasteiger partial charge is 0.380 e. The van der Waals surface area contributed by atoms with Crippen molar-refractivity contribution in [3.05, 3.63) is 0 Å². The highest BCUT2D eigenvalue weighted by atomic mass is 16.5. The first-order valence-corrected chi connectivity index (χ1v) is 3.73. The zero-order valence-electron chi connectivity index (χ0n) is 6.01. The van der Waals surface area contributed by atoms with Crippen LogP contribution in [0, 0.1) is 5.41 Å². The van der Waals surface area contributed by atoms with E-state index >= 15 is 0 Å². The van der Waals surface area contributed by atoms with Gasteiger partial charge in [-0.2, -0.15) is 0 Å². The summed E-state index contributed by atoms with van der Waals surface area (Å²) in [6.07, 6.45) is 0. The van der Waals surface area contributed by atoms with E-state index in [9.17, 15) is 5.11 Å². The number of rotatable bonds is 2. The zero-order valence-corrected chi connectivity index (χ0v) is 6.01. The van der Waals surface area contributed by atoms with Crippen molar-refractivity contribution in [2.75, 3.05) is 39.5 Å². The molecule has 2 heterocycles. The molecule has 1 radical (unpaired) electrons. The lowest BCUT2D eigenvalue weighted by Gasteiger charge is -2.55. The lowest BCUT2D eigenvalue weighted by atomic mass is 9.78. The summed E-state index contributed by atoms with van der Waals surface area (Å²) in [4.78, 5) is 2.20. The van der Waals surface area contributed by atoms with E-state index in [2.05, 4.69) is 4.90 Å². The summed E-state index contributed by atoms with van der Waals surface area (Å²) in [7, 11) is 0. The maximum Gasteiger partial charge on any atom is 0.0949 e. The first kappa shape index (κ1) is 6.58. The molecule has 0 N–H and O–H groups in total. The van der Waals surface area contributed by atoms with E-state index in [1.807, 2.05) is 0 Å². The van der Waals surface area contributed by atoms with Crippen LogP contribution in [0.4, 0.5) is 0 Å². The van der Waals surface area contributed by atoms with Crippen LogP contribution in [0.25, 0.3) is 0 Å². The summed E-state index contributed by atoms with van der Waals surface area (Å²) in [6, 6.07) is 0. The number of nitrogens with zero attached hydrogens (tertiary/aromatic N) is 1. The molecule has 0 aromatic heterocycles. The van der Waals surface area contributed by atoms with E-state index < -0.39 is 0 Å². The van der Waals surface area contributed by atoms with Crippen LogP contribution in [0.5, 0.6) is 0 Å². The Morgan fingerprint density at radius 2 is 2.10 bits per heavy atom. The highest BCUT2D eigenvalue weighted by molar-refractivity contribution is 4.99. The molecule has 2 saturated heterocycles. The van der Waals surface area contributed by atoms with Gasteiger partial charge in [0.1, 0.15) is 0 Å². The van der Waals surface area contributed by atoms with Crippen molar-refractivity contribution in [3.63, 3.8) is 0 Å². The Morgan fingerprint density at radius 3 is 2.50 bits per heavy atom. The van der Waals surface area contributed by atoms with Gasteiger partial charge in [0.15, 0.2) is 0 Å². The van der Waals surface area contributed by atoms with Crippen molar-refractivity contribution in [2.24, 2.45) is 5.41 Å². The van der Waals surface area contributed by atoms with Gasteiger partial charge in [-0.1, -0.05) is 0 Å². The first-order valence-electron chi connectivity index (χ1n) is 3.73. The summed E-state index contributed by atoms with van der Waals surface area (Å²) < 4.78 is 5.10. The molecule has 1 spiro atoms. The maximum absolute atomic E-state index is 10.2. The number of hydrogen-bond donors (Lipinski definition) is 0. The van der Waals surface area contributed by atoms with Crippen LogP contribution in [0.3, 0.4) is 0 Å². The minimum Gasteiger partial charge on any atom is -0.380 e. The minimum atomic E-state index is 0.0386. The van der Waals surface area contributed by atoms with Crippen LogP contribution in [-0.4, -0.2) is 44.4 Å². The van der Waals surface area contributed by atoms with E-state index in [0.29, 0.717) is 5.41 Å². The first-order chi connectivity index (χ1) is 4.85.